The van der Waals surface area contributed by atoms with Gasteiger partial charge in [0.25, 0.3) is 0 Å². The van der Waals surface area contributed by atoms with Gasteiger partial charge in [-0.2, -0.15) is 0 Å². The summed E-state index contributed by atoms with van der Waals surface area (Å²) >= 11 is 0. The van der Waals surface area contributed by atoms with Crippen LogP contribution in [-0.4, -0.2) is 22.2 Å². The molecule has 0 saturated heterocycles. The van der Waals surface area contributed by atoms with Crippen molar-refractivity contribution in [3.05, 3.63) is 0 Å². The maximum Gasteiger partial charge on any atom is 0.307 e. The number of carboxylic acids is 2. The molecule has 60 valence electrons. The van der Waals surface area contributed by atoms with Crippen molar-refractivity contribution in [1.29, 1.82) is 0 Å². The van der Waals surface area contributed by atoms with Crippen LogP contribution in [0.4, 0.5) is 0 Å². The number of hydrogen-bond acceptors (Lipinski definition) is 2. The van der Waals surface area contributed by atoms with Crippen molar-refractivity contribution in [2.45, 2.75) is 12.8 Å². The molecule has 2 aliphatic rings. The van der Waals surface area contributed by atoms with Crippen molar-refractivity contribution in [3.63, 3.8) is 0 Å². The second-order valence-electron chi connectivity index (χ2n) is 3.42. The Morgan fingerprint density at radius 1 is 1.09 bits per heavy atom. The first-order chi connectivity index (χ1) is 5.08. The maximum atomic E-state index is 10.4. The Balaban J connectivity index is 2.02. The molecular weight excluding hydrogens is 148 g/mol. The van der Waals surface area contributed by atoms with Gasteiger partial charge in [0.1, 0.15) is 0 Å². The van der Waals surface area contributed by atoms with Gasteiger partial charge in [-0.1, -0.05) is 0 Å². The molecule has 2 unspecified atom stereocenters. The van der Waals surface area contributed by atoms with Crippen molar-refractivity contribution >= 4 is 11.9 Å². The molecule has 0 aromatic heterocycles. The monoisotopic (exact) mass is 156 g/mol. The number of aliphatic carboxylic acids is 2. The second kappa shape index (κ2) is 1.57. The first-order valence-electron chi connectivity index (χ1n) is 3.53. The molecular formula is C7H8O4. The highest BCUT2D eigenvalue weighted by Crippen LogP contribution is 2.74. The average molecular weight is 156 g/mol. The smallest absolute Gasteiger partial charge is 0.307 e. The fourth-order valence-electron chi connectivity index (χ4n) is 1.92. The topological polar surface area (TPSA) is 74.6 Å². The fraction of sp³-hybridized carbons (Fsp3) is 0.714. The summed E-state index contributed by atoms with van der Waals surface area (Å²) in [5.74, 6) is -2.42. The summed E-state index contributed by atoms with van der Waals surface area (Å²) < 4.78 is 0. The van der Waals surface area contributed by atoms with E-state index in [0.29, 0.717) is 12.8 Å². The van der Waals surface area contributed by atoms with Gasteiger partial charge in [0, 0.05) is 0 Å². The lowest BCUT2D eigenvalue weighted by Crippen LogP contribution is -2.05. The summed E-state index contributed by atoms with van der Waals surface area (Å²) in [6.07, 6.45) is 1.14. The highest BCUT2D eigenvalue weighted by molar-refractivity contribution is 5.83. The molecule has 0 heterocycles. The molecule has 0 aromatic carbocycles. The molecule has 11 heavy (non-hydrogen) atoms. The molecule has 2 fully saturated rings. The zero-order valence-electron chi connectivity index (χ0n) is 5.78. The highest BCUT2D eigenvalue weighted by atomic mass is 16.4. The van der Waals surface area contributed by atoms with E-state index in [-0.39, 0.29) is 17.3 Å². The van der Waals surface area contributed by atoms with Gasteiger partial charge in [-0.25, -0.2) is 0 Å². The summed E-state index contributed by atoms with van der Waals surface area (Å²) in [6.45, 7) is 0. The van der Waals surface area contributed by atoms with Crippen LogP contribution in [0.15, 0.2) is 0 Å². The van der Waals surface area contributed by atoms with E-state index in [4.69, 9.17) is 10.2 Å². The molecule has 2 aliphatic carbocycles. The normalized spacial score (nSPS) is 45.5. The van der Waals surface area contributed by atoms with Crippen molar-refractivity contribution in [3.8, 4) is 0 Å². The van der Waals surface area contributed by atoms with Crippen LogP contribution in [-0.2, 0) is 9.59 Å². The third kappa shape index (κ3) is 0.692. The van der Waals surface area contributed by atoms with Crippen LogP contribution in [0.1, 0.15) is 12.8 Å². The zero-order chi connectivity index (χ0) is 8.22. The summed E-state index contributed by atoms with van der Waals surface area (Å²) in [5, 5.41) is 17.1. The van der Waals surface area contributed by atoms with E-state index in [9.17, 15) is 9.59 Å². The van der Waals surface area contributed by atoms with Gasteiger partial charge in [0.15, 0.2) is 0 Å². The molecule has 4 nitrogen and oxygen atoms in total. The van der Waals surface area contributed by atoms with Crippen LogP contribution in [0.5, 0.6) is 0 Å². The Bertz CT molecular complexity index is 219. The maximum absolute atomic E-state index is 10.4. The second-order valence-corrected chi connectivity index (χ2v) is 3.42. The molecule has 2 saturated carbocycles. The van der Waals surface area contributed by atoms with Crippen LogP contribution in [0, 0.1) is 17.3 Å². The van der Waals surface area contributed by atoms with Gasteiger partial charge in [-0.3, -0.25) is 9.59 Å². The molecule has 2 N–H and O–H groups in total. The molecule has 0 radical (unpaired) electrons. The molecule has 2 rings (SSSR count). The van der Waals surface area contributed by atoms with E-state index in [0.717, 1.165) is 0 Å². The average Bonchev–Trinajstić information content (AvgIpc) is 2.72. The van der Waals surface area contributed by atoms with Crippen molar-refractivity contribution in [1.82, 2.24) is 0 Å². The van der Waals surface area contributed by atoms with E-state index in [1.54, 1.807) is 0 Å². The summed E-state index contributed by atoms with van der Waals surface area (Å²) in [7, 11) is 0. The van der Waals surface area contributed by atoms with Gasteiger partial charge < -0.3 is 10.2 Å². The minimum Gasteiger partial charge on any atom is -0.481 e. The van der Waals surface area contributed by atoms with Gasteiger partial charge in [0.2, 0.25) is 0 Å². The Hall–Kier alpha value is -1.06. The van der Waals surface area contributed by atoms with E-state index < -0.39 is 11.9 Å². The Kier molecular flexibility index (Phi) is 0.948. The standard InChI is InChI=1S/C7H8O4/c8-5(9)3-1-7(3)2-4(7)6(10)11/h3-4H,1-2H2,(H,8,9)(H,10,11). The van der Waals surface area contributed by atoms with Crippen molar-refractivity contribution < 1.29 is 19.8 Å². The number of hydrogen-bond donors (Lipinski definition) is 2. The zero-order valence-corrected chi connectivity index (χ0v) is 5.78. The number of carbonyl (C=O) groups is 2. The first kappa shape index (κ1) is 6.64. The van der Waals surface area contributed by atoms with E-state index in [2.05, 4.69) is 0 Å². The minimum atomic E-state index is -0.839. The third-order valence-corrected chi connectivity index (χ3v) is 2.83. The Morgan fingerprint density at radius 2 is 1.45 bits per heavy atom. The third-order valence-electron chi connectivity index (χ3n) is 2.83. The molecule has 1 spiro atoms. The van der Waals surface area contributed by atoms with Crippen LogP contribution < -0.4 is 0 Å². The van der Waals surface area contributed by atoms with Crippen molar-refractivity contribution in [2.75, 3.05) is 0 Å². The first-order valence-corrected chi connectivity index (χ1v) is 3.53. The lowest BCUT2D eigenvalue weighted by atomic mass is 10.2. The van der Waals surface area contributed by atoms with Crippen LogP contribution in [0.2, 0.25) is 0 Å². The van der Waals surface area contributed by atoms with E-state index in [1.807, 2.05) is 0 Å². The fourth-order valence-corrected chi connectivity index (χ4v) is 1.92. The van der Waals surface area contributed by atoms with E-state index >= 15 is 0 Å². The van der Waals surface area contributed by atoms with E-state index in [1.165, 1.54) is 0 Å². The number of carboxylic acid groups (broad SMARTS) is 2. The summed E-state index contributed by atoms with van der Waals surface area (Å²) in [6, 6.07) is 0. The molecule has 0 bridgehead atoms. The largest absolute Gasteiger partial charge is 0.481 e. The summed E-state index contributed by atoms with van der Waals surface area (Å²) in [4.78, 5) is 20.8. The van der Waals surface area contributed by atoms with Gasteiger partial charge in [-0.15, -0.1) is 0 Å². The number of rotatable bonds is 2. The Labute approximate surface area is 62.8 Å². The van der Waals surface area contributed by atoms with Crippen LogP contribution in [0.3, 0.4) is 0 Å². The summed E-state index contributed by atoms with van der Waals surface area (Å²) in [5.41, 5.74) is -0.322. The Morgan fingerprint density at radius 3 is 1.64 bits per heavy atom. The quantitative estimate of drug-likeness (QED) is 0.598. The minimum absolute atomic E-state index is 0.322. The highest BCUT2D eigenvalue weighted by Gasteiger charge is 2.75. The van der Waals surface area contributed by atoms with Crippen molar-refractivity contribution in [2.24, 2.45) is 17.3 Å². The van der Waals surface area contributed by atoms with Crippen LogP contribution in [0.25, 0.3) is 0 Å². The predicted octanol–water partition coefficient (Wildman–Crippen LogP) is 0.182. The lowest BCUT2D eigenvalue weighted by molar-refractivity contribution is -0.139. The molecule has 0 aliphatic heterocycles. The molecule has 2 atom stereocenters. The van der Waals surface area contributed by atoms with Gasteiger partial charge >= 0.3 is 11.9 Å². The molecule has 0 aromatic rings. The SMILES string of the molecule is O=C(O)C1CC12CC2C(=O)O. The molecule has 4 heteroatoms. The van der Waals surface area contributed by atoms with Gasteiger partial charge in [0.05, 0.1) is 11.8 Å². The predicted molar refractivity (Wildman–Crippen MR) is 33.9 cm³/mol. The molecule has 0 amide bonds. The van der Waals surface area contributed by atoms with Gasteiger partial charge in [-0.05, 0) is 18.3 Å². The van der Waals surface area contributed by atoms with Crippen LogP contribution >= 0.6 is 0 Å². The lowest BCUT2D eigenvalue weighted by Gasteiger charge is -1.87.